The molecule has 170 valence electrons. The van der Waals surface area contributed by atoms with Gasteiger partial charge in [0.15, 0.2) is 4.87 Å². The van der Waals surface area contributed by atoms with Crippen LogP contribution in [0.3, 0.4) is 0 Å². The van der Waals surface area contributed by atoms with Crippen molar-refractivity contribution in [3.63, 3.8) is 0 Å². The fourth-order valence-electron chi connectivity index (χ4n) is 4.51. The molecule has 2 aliphatic heterocycles. The first kappa shape index (κ1) is 21.9. The molecule has 1 atom stereocenters. The number of methoxy groups -OCH3 is 1. The molecular weight excluding hydrogens is 448 g/mol. The molecule has 2 heterocycles. The predicted octanol–water partition coefficient (Wildman–Crippen LogP) is 4.55. The summed E-state index contributed by atoms with van der Waals surface area (Å²) < 4.78 is 5.46. The van der Waals surface area contributed by atoms with Gasteiger partial charge in [0.05, 0.1) is 31.0 Å². The summed E-state index contributed by atoms with van der Waals surface area (Å²) in [6.45, 7) is 0.730. The number of thioether (sulfide) groups is 1. The number of amides is 3. The van der Waals surface area contributed by atoms with Crippen molar-refractivity contribution in [2.24, 2.45) is 0 Å². The van der Waals surface area contributed by atoms with Gasteiger partial charge in [-0.05, 0) is 48.0 Å². The van der Waals surface area contributed by atoms with Crippen molar-refractivity contribution in [2.45, 2.75) is 11.4 Å². The number of para-hydroxylation sites is 1. The molecule has 8 heteroatoms. The molecule has 7 nitrogen and oxygen atoms in total. The number of rotatable bonds is 4. The Morgan fingerprint density at radius 2 is 1.97 bits per heavy atom. The number of nitrogens with one attached hydrogen (secondary N) is 1. The van der Waals surface area contributed by atoms with Crippen LogP contribution in [0.15, 0.2) is 72.8 Å². The van der Waals surface area contributed by atoms with Gasteiger partial charge in [-0.3, -0.25) is 9.69 Å². The first-order valence-electron chi connectivity index (χ1n) is 10.8. The molecule has 1 fully saturated rings. The van der Waals surface area contributed by atoms with Gasteiger partial charge in [-0.25, -0.2) is 4.79 Å². The van der Waals surface area contributed by atoms with Crippen molar-refractivity contribution in [3.8, 4) is 11.8 Å². The number of nitriles is 1. The van der Waals surface area contributed by atoms with Gasteiger partial charge in [0, 0.05) is 23.5 Å². The minimum absolute atomic E-state index is 0.177. The summed E-state index contributed by atoms with van der Waals surface area (Å²) in [4.78, 5) is 29.6. The van der Waals surface area contributed by atoms with Crippen LogP contribution in [-0.4, -0.2) is 36.2 Å². The molecule has 0 aliphatic carbocycles. The molecule has 5 rings (SSSR count). The first-order chi connectivity index (χ1) is 16.6. The average molecular weight is 471 g/mol. The molecule has 0 saturated carbocycles. The van der Waals surface area contributed by atoms with E-state index in [0.29, 0.717) is 35.8 Å². The lowest BCUT2D eigenvalue weighted by Gasteiger charge is -2.33. The van der Waals surface area contributed by atoms with E-state index in [1.807, 2.05) is 60.7 Å². The Labute approximate surface area is 201 Å². The maximum Gasteiger partial charge on any atom is 0.323 e. The number of nitrogens with zero attached hydrogens (tertiary/aromatic N) is 3. The number of hydrogen-bond acceptors (Lipinski definition) is 5. The Morgan fingerprint density at radius 3 is 2.74 bits per heavy atom. The highest BCUT2D eigenvalue weighted by Crippen LogP contribution is 2.55. The van der Waals surface area contributed by atoms with E-state index in [4.69, 9.17) is 4.74 Å². The molecule has 1 spiro atoms. The molecule has 3 aromatic carbocycles. The van der Waals surface area contributed by atoms with Crippen LogP contribution in [-0.2, 0) is 16.2 Å². The van der Waals surface area contributed by atoms with Crippen molar-refractivity contribution in [3.05, 3.63) is 89.5 Å². The zero-order valence-electron chi connectivity index (χ0n) is 18.5. The lowest BCUT2D eigenvalue weighted by molar-refractivity contribution is -0.123. The molecule has 3 amide bonds. The minimum atomic E-state index is -1.18. The largest absolute Gasteiger partial charge is 0.497 e. The monoisotopic (exact) mass is 470 g/mol. The van der Waals surface area contributed by atoms with Crippen LogP contribution in [0.2, 0.25) is 0 Å². The third kappa shape index (κ3) is 3.55. The Bertz CT molecular complexity index is 1310. The van der Waals surface area contributed by atoms with E-state index in [9.17, 15) is 14.9 Å². The van der Waals surface area contributed by atoms with Gasteiger partial charge in [-0.2, -0.15) is 5.26 Å². The quantitative estimate of drug-likeness (QED) is 0.605. The van der Waals surface area contributed by atoms with E-state index in [0.717, 1.165) is 16.8 Å². The van der Waals surface area contributed by atoms with Crippen molar-refractivity contribution < 1.29 is 14.3 Å². The van der Waals surface area contributed by atoms with E-state index in [1.165, 1.54) is 11.8 Å². The number of ether oxygens (including phenoxy) is 1. The summed E-state index contributed by atoms with van der Waals surface area (Å²) in [6, 6.07) is 23.8. The summed E-state index contributed by atoms with van der Waals surface area (Å²) >= 11 is 1.46. The summed E-state index contributed by atoms with van der Waals surface area (Å²) in [7, 11) is 1.58. The fourth-order valence-corrected chi connectivity index (χ4v) is 5.96. The second-order valence-corrected chi connectivity index (χ2v) is 9.31. The normalized spacial score (nSPS) is 18.6. The van der Waals surface area contributed by atoms with E-state index in [-0.39, 0.29) is 11.9 Å². The zero-order chi connectivity index (χ0) is 23.7. The van der Waals surface area contributed by atoms with Crippen molar-refractivity contribution in [2.75, 3.05) is 29.6 Å². The predicted molar refractivity (Wildman–Crippen MR) is 132 cm³/mol. The zero-order valence-corrected chi connectivity index (χ0v) is 19.3. The average Bonchev–Trinajstić information content (AvgIpc) is 3.41. The highest BCUT2D eigenvalue weighted by atomic mass is 32.2. The second kappa shape index (κ2) is 8.76. The minimum Gasteiger partial charge on any atom is -0.497 e. The molecule has 1 N–H and O–H groups in total. The Kier molecular flexibility index (Phi) is 5.64. The molecule has 2 aliphatic rings. The maximum atomic E-state index is 14.1. The molecule has 1 saturated heterocycles. The maximum absolute atomic E-state index is 14.1. The van der Waals surface area contributed by atoms with Crippen molar-refractivity contribution in [1.29, 1.82) is 5.26 Å². The summed E-state index contributed by atoms with van der Waals surface area (Å²) in [5.41, 5.74) is 3.52. The lowest BCUT2D eigenvalue weighted by Crippen LogP contribution is -2.51. The number of hydrogen-bond donors (Lipinski definition) is 1. The van der Waals surface area contributed by atoms with Gasteiger partial charge in [0.2, 0.25) is 0 Å². The van der Waals surface area contributed by atoms with Crippen LogP contribution in [0.4, 0.5) is 16.2 Å². The Hall–Kier alpha value is -3.96. The molecule has 0 radical (unpaired) electrons. The van der Waals surface area contributed by atoms with Crippen LogP contribution >= 0.6 is 11.8 Å². The first-order valence-corrected chi connectivity index (χ1v) is 11.8. The van der Waals surface area contributed by atoms with Gasteiger partial charge in [-0.1, -0.05) is 30.3 Å². The van der Waals surface area contributed by atoms with E-state index >= 15 is 0 Å². The molecule has 0 bridgehead atoms. The fraction of sp³-hybridized carbons (Fsp3) is 0.192. The molecule has 0 unspecified atom stereocenters. The number of urea groups is 1. The molecule has 34 heavy (non-hydrogen) atoms. The summed E-state index contributed by atoms with van der Waals surface area (Å²) in [6.07, 6.45) is 0. The van der Waals surface area contributed by atoms with Crippen LogP contribution in [0.25, 0.3) is 0 Å². The summed E-state index contributed by atoms with van der Waals surface area (Å²) in [5.74, 6) is 1.07. The Morgan fingerprint density at radius 1 is 1.15 bits per heavy atom. The number of fused-ring (bicyclic) bond motifs is 2. The molecule has 3 aromatic rings. The lowest BCUT2D eigenvalue weighted by atomic mass is 10.1. The smallest absolute Gasteiger partial charge is 0.323 e. The summed E-state index contributed by atoms with van der Waals surface area (Å²) in [5, 5.41) is 12.2. The number of carbonyl (C=O) groups is 2. The van der Waals surface area contributed by atoms with Crippen molar-refractivity contribution >= 4 is 35.1 Å². The van der Waals surface area contributed by atoms with Gasteiger partial charge in [0.1, 0.15) is 5.75 Å². The van der Waals surface area contributed by atoms with E-state index < -0.39 is 4.87 Å². The third-order valence-corrected chi connectivity index (χ3v) is 7.49. The third-order valence-electron chi connectivity index (χ3n) is 6.07. The second-order valence-electron chi connectivity index (χ2n) is 8.03. The molecular formula is C26H22N4O3S. The number of benzene rings is 3. The van der Waals surface area contributed by atoms with Crippen LogP contribution < -0.4 is 15.0 Å². The van der Waals surface area contributed by atoms with E-state index in [2.05, 4.69) is 11.4 Å². The van der Waals surface area contributed by atoms with E-state index in [1.54, 1.807) is 29.0 Å². The highest BCUT2D eigenvalue weighted by molar-refractivity contribution is 8.01. The topological polar surface area (TPSA) is 85.7 Å². The number of anilines is 2. The van der Waals surface area contributed by atoms with Gasteiger partial charge in [0.25, 0.3) is 5.91 Å². The standard InChI is InChI=1S/C26H22N4O3S/c1-33-21-10-11-23-22(15-21)26(24(31)29(23)17-19-7-5-6-18(14-19)16-27)30(12-13-34-26)25(32)28-20-8-3-2-4-9-20/h2-11,14-15H,12-13,17H2,1H3,(H,28,32)/t26-/m0/s1. The van der Waals surface area contributed by atoms with Gasteiger partial charge in [-0.15, -0.1) is 11.8 Å². The van der Waals surface area contributed by atoms with Crippen LogP contribution in [0.5, 0.6) is 5.75 Å². The highest BCUT2D eigenvalue weighted by Gasteiger charge is 2.59. The van der Waals surface area contributed by atoms with Gasteiger partial charge < -0.3 is 15.0 Å². The van der Waals surface area contributed by atoms with Crippen molar-refractivity contribution in [1.82, 2.24) is 4.90 Å². The SMILES string of the molecule is COc1ccc2c(c1)[C@]1(SCCN1C(=O)Nc1ccccc1)C(=O)N2Cc1cccc(C#N)c1. The number of carbonyl (C=O) groups excluding carboxylic acids is 2. The molecule has 0 aromatic heterocycles. The Balaban J connectivity index is 1.55. The van der Waals surface area contributed by atoms with Crippen LogP contribution in [0.1, 0.15) is 16.7 Å². The van der Waals surface area contributed by atoms with Crippen LogP contribution in [0, 0.1) is 11.3 Å². The van der Waals surface area contributed by atoms with Gasteiger partial charge >= 0.3 is 6.03 Å².